The molecule has 0 spiro atoms. The SMILES string of the molecule is Cc1nnc(SCC(=O)NCCOc2ccccc2-c2ccccc2)n1Cc1ccccc1. The summed E-state index contributed by atoms with van der Waals surface area (Å²) in [7, 11) is 0. The second-order valence-electron chi connectivity index (χ2n) is 7.45. The van der Waals surface area contributed by atoms with Crippen LogP contribution in [0.3, 0.4) is 0 Å². The van der Waals surface area contributed by atoms with Gasteiger partial charge in [0.25, 0.3) is 0 Å². The maximum absolute atomic E-state index is 12.3. The van der Waals surface area contributed by atoms with Gasteiger partial charge in [-0.05, 0) is 24.1 Å². The van der Waals surface area contributed by atoms with E-state index in [-0.39, 0.29) is 11.7 Å². The van der Waals surface area contributed by atoms with Crippen LogP contribution < -0.4 is 10.1 Å². The Labute approximate surface area is 198 Å². The van der Waals surface area contributed by atoms with E-state index in [1.807, 2.05) is 72.2 Å². The van der Waals surface area contributed by atoms with Crippen molar-refractivity contribution in [2.24, 2.45) is 0 Å². The van der Waals surface area contributed by atoms with E-state index in [9.17, 15) is 4.79 Å². The molecule has 1 aromatic heterocycles. The van der Waals surface area contributed by atoms with Crippen LogP contribution in [-0.4, -0.2) is 39.6 Å². The van der Waals surface area contributed by atoms with Crippen LogP contribution in [0.5, 0.6) is 5.75 Å². The second kappa shape index (κ2) is 11.3. The molecule has 6 nitrogen and oxygen atoms in total. The number of carbonyl (C=O) groups is 1. The highest BCUT2D eigenvalue weighted by atomic mass is 32.2. The van der Waals surface area contributed by atoms with Gasteiger partial charge in [0.1, 0.15) is 18.2 Å². The van der Waals surface area contributed by atoms with Crippen LogP contribution in [0.2, 0.25) is 0 Å². The highest BCUT2D eigenvalue weighted by molar-refractivity contribution is 7.99. The fourth-order valence-corrected chi connectivity index (χ4v) is 4.21. The molecule has 0 saturated heterocycles. The third-order valence-electron chi connectivity index (χ3n) is 5.07. The van der Waals surface area contributed by atoms with E-state index < -0.39 is 0 Å². The van der Waals surface area contributed by atoms with Crippen molar-refractivity contribution >= 4 is 17.7 Å². The molecule has 0 saturated carbocycles. The average Bonchev–Trinajstić information content (AvgIpc) is 3.21. The van der Waals surface area contributed by atoms with E-state index in [0.29, 0.717) is 19.7 Å². The lowest BCUT2D eigenvalue weighted by molar-refractivity contribution is -0.118. The molecule has 1 N–H and O–H groups in total. The topological polar surface area (TPSA) is 69.0 Å². The van der Waals surface area contributed by atoms with Crippen molar-refractivity contribution in [1.29, 1.82) is 0 Å². The Kier molecular flexibility index (Phi) is 7.76. The van der Waals surface area contributed by atoms with Crippen molar-refractivity contribution in [2.75, 3.05) is 18.9 Å². The highest BCUT2D eigenvalue weighted by Crippen LogP contribution is 2.29. The molecular formula is C26H26N4O2S. The lowest BCUT2D eigenvalue weighted by Crippen LogP contribution is -2.29. The summed E-state index contributed by atoms with van der Waals surface area (Å²) in [5.41, 5.74) is 3.30. The van der Waals surface area contributed by atoms with Gasteiger partial charge in [-0.3, -0.25) is 4.79 Å². The molecule has 33 heavy (non-hydrogen) atoms. The molecule has 7 heteroatoms. The number of rotatable bonds is 10. The highest BCUT2D eigenvalue weighted by Gasteiger charge is 2.12. The van der Waals surface area contributed by atoms with E-state index in [0.717, 1.165) is 27.9 Å². The molecule has 1 heterocycles. The molecule has 0 aliphatic carbocycles. The molecule has 4 rings (SSSR count). The van der Waals surface area contributed by atoms with Crippen LogP contribution in [0.15, 0.2) is 90.1 Å². The summed E-state index contributed by atoms with van der Waals surface area (Å²) in [5, 5.41) is 12.1. The monoisotopic (exact) mass is 458 g/mol. The number of ether oxygens (including phenoxy) is 1. The molecule has 0 unspecified atom stereocenters. The van der Waals surface area contributed by atoms with Crippen molar-refractivity contribution in [2.45, 2.75) is 18.6 Å². The Balaban J connectivity index is 1.25. The van der Waals surface area contributed by atoms with Crippen LogP contribution in [0.1, 0.15) is 11.4 Å². The van der Waals surface area contributed by atoms with Crippen LogP contribution in [0.25, 0.3) is 11.1 Å². The van der Waals surface area contributed by atoms with Gasteiger partial charge in [0.2, 0.25) is 5.91 Å². The number of benzene rings is 3. The molecule has 168 valence electrons. The van der Waals surface area contributed by atoms with E-state index in [1.54, 1.807) is 0 Å². The summed E-state index contributed by atoms with van der Waals surface area (Å²) in [5.74, 6) is 1.84. The summed E-state index contributed by atoms with van der Waals surface area (Å²) >= 11 is 1.39. The Bertz CT molecular complexity index is 1180. The van der Waals surface area contributed by atoms with Gasteiger partial charge < -0.3 is 14.6 Å². The van der Waals surface area contributed by atoms with Crippen molar-refractivity contribution in [3.05, 3.63) is 96.3 Å². The van der Waals surface area contributed by atoms with Gasteiger partial charge in [0.05, 0.1) is 18.8 Å². The molecule has 4 aromatic rings. The first-order chi connectivity index (χ1) is 16.2. The van der Waals surface area contributed by atoms with Crippen molar-refractivity contribution in [1.82, 2.24) is 20.1 Å². The smallest absolute Gasteiger partial charge is 0.230 e. The number of amides is 1. The predicted octanol–water partition coefficient (Wildman–Crippen LogP) is 4.59. The van der Waals surface area contributed by atoms with E-state index in [4.69, 9.17) is 4.74 Å². The normalized spacial score (nSPS) is 10.7. The minimum Gasteiger partial charge on any atom is -0.491 e. The zero-order valence-electron chi connectivity index (χ0n) is 18.5. The number of hydrogen-bond acceptors (Lipinski definition) is 5. The van der Waals surface area contributed by atoms with Crippen molar-refractivity contribution < 1.29 is 9.53 Å². The van der Waals surface area contributed by atoms with Gasteiger partial charge in [0.15, 0.2) is 5.16 Å². The van der Waals surface area contributed by atoms with E-state index in [1.165, 1.54) is 17.3 Å². The number of thioether (sulfide) groups is 1. The van der Waals surface area contributed by atoms with Crippen LogP contribution in [0, 0.1) is 6.92 Å². The first-order valence-corrected chi connectivity index (χ1v) is 11.8. The molecule has 0 atom stereocenters. The number of para-hydroxylation sites is 1. The van der Waals surface area contributed by atoms with Gasteiger partial charge in [-0.15, -0.1) is 10.2 Å². The molecule has 0 radical (unpaired) electrons. The summed E-state index contributed by atoms with van der Waals surface area (Å²) in [6.07, 6.45) is 0. The molecule has 0 bridgehead atoms. The van der Waals surface area contributed by atoms with E-state index in [2.05, 4.69) is 39.8 Å². The maximum Gasteiger partial charge on any atom is 0.230 e. The first-order valence-electron chi connectivity index (χ1n) is 10.8. The third kappa shape index (κ3) is 6.23. The number of aromatic nitrogens is 3. The molecule has 3 aromatic carbocycles. The second-order valence-corrected chi connectivity index (χ2v) is 8.39. The average molecular weight is 459 g/mol. The summed E-state index contributed by atoms with van der Waals surface area (Å²) in [6.45, 7) is 3.42. The van der Waals surface area contributed by atoms with Crippen LogP contribution in [0.4, 0.5) is 0 Å². The van der Waals surface area contributed by atoms with Gasteiger partial charge in [-0.2, -0.15) is 0 Å². The number of nitrogens with one attached hydrogen (secondary N) is 1. The fraction of sp³-hybridized carbons (Fsp3) is 0.192. The third-order valence-corrected chi connectivity index (χ3v) is 6.04. The molecular weight excluding hydrogens is 432 g/mol. The lowest BCUT2D eigenvalue weighted by Gasteiger charge is -2.12. The Morgan fingerprint density at radius 3 is 2.42 bits per heavy atom. The largest absolute Gasteiger partial charge is 0.491 e. The maximum atomic E-state index is 12.3. The van der Waals surface area contributed by atoms with Gasteiger partial charge in [-0.25, -0.2) is 0 Å². The van der Waals surface area contributed by atoms with Gasteiger partial charge in [-0.1, -0.05) is 90.6 Å². The Morgan fingerprint density at radius 1 is 0.939 bits per heavy atom. The standard InChI is InChI=1S/C26H26N4O2S/c1-20-28-29-26(30(20)18-21-10-4-2-5-11-21)33-19-25(31)27-16-17-32-24-15-9-8-14-23(24)22-12-6-3-7-13-22/h2-15H,16-19H2,1H3,(H,27,31). The number of carbonyl (C=O) groups excluding carboxylic acids is 1. The van der Waals surface area contributed by atoms with Crippen molar-refractivity contribution in [3.63, 3.8) is 0 Å². The first kappa shape index (κ1) is 22.6. The summed E-state index contributed by atoms with van der Waals surface area (Å²) < 4.78 is 7.97. The fourth-order valence-electron chi connectivity index (χ4n) is 3.40. The minimum atomic E-state index is -0.0631. The van der Waals surface area contributed by atoms with Gasteiger partial charge >= 0.3 is 0 Å². The van der Waals surface area contributed by atoms with E-state index >= 15 is 0 Å². The zero-order valence-corrected chi connectivity index (χ0v) is 19.3. The number of aryl methyl sites for hydroxylation is 1. The summed E-state index contributed by atoms with van der Waals surface area (Å²) in [4.78, 5) is 12.3. The quantitative estimate of drug-likeness (QED) is 0.278. The minimum absolute atomic E-state index is 0.0631. The number of nitrogens with zero attached hydrogens (tertiary/aromatic N) is 3. The van der Waals surface area contributed by atoms with Crippen LogP contribution in [-0.2, 0) is 11.3 Å². The van der Waals surface area contributed by atoms with Gasteiger partial charge in [0, 0.05) is 5.56 Å². The number of hydrogen-bond donors (Lipinski definition) is 1. The van der Waals surface area contributed by atoms with Crippen LogP contribution >= 0.6 is 11.8 Å². The molecule has 1 amide bonds. The zero-order chi connectivity index (χ0) is 22.9. The summed E-state index contributed by atoms with van der Waals surface area (Å²) in [6, 6.07) is 28.2. The molecule has 0 fully saturated rings. The molecule has 0 aliphatic rings. The molecule has 0 aliphatic heterocycles. The lowest BCUT2D eigenvalue weighted by atomic mass is 10.1. The predicted molar refractivity (Wildman–Crippen MR) is 131 cm³/mol. The van der Waals surface area contributed by atoms with Crippen molar-refractivity contribution in [3.8, 4) is 16.9 Å². The Hall–Kier alpha value is -3.58. The Morgan fingerprint density at radius 2 is 1.64 bits per heavy atom.